The molecule has 0 rings (SSSR count). The van der Waals surface area contributed by atoms with Gasteiger partial charge in [0.15, 0.2) is 0 Å². The average Bonchev–Trinajstić information content (AvgIpc) is 2.01. The SMILES string of the molecule is C=CCCCC(O)CCN(C)C. The van der Waals surface area contributed by atoms with E-state index in [9.17, 15) is 5.11 Å². The van der Waals surface area contributed by atoms with Crippen LogP contribution in [0.5, 0.6) is 0 Å². The van der Waals surface area contributed by atoms with Crippen molar-refractivity contribution in [1.29, 1.82) is 0 Å². The molecule has 0 heterocycles. The van der Waals surface area contributed by atoms with Crippen molar-refractivity contribution in [2.45, 2.75) is 31.8 Å². The molecule has 0 aliphatic rings. The van der Waals surface area contributed by atoms with E-state index in [1.54, 1.807) is 0 Å². The molecule has 0 aromatic carbocycles. The Morgan fingerprint density at radius 2 is 2.08 bits per heavy atom. The van der Waals surface area contributed by atoms with Crippen LogP contribution in [0.25, 0.3) is 0 Å². The third-order valence-corrected chi connectivity index (χ3v) is 1.86. The molecule has 0 bridgehead atoms. The summed E-state index contributed by atoms with van der Waals surface area (Å²) in [5.74, 6) is 0. The van der Waals surface area contributed by atoms with Gasteiger partial charge in [0.05, 0.1) is 6.10 Å². The molecule has 0 radical (unpaired) electrons. The Morgan fingerprint density at radius 1 is 1.42 bits per heavy atom. The zero-order chi connectivity index (χ0) is 9.40. The topological polar surface area (TPSA) is 23.5 Å². The van der Waals surface area contributed by atoms with E-state index in [4.69, 9.17) is 0 Å². The van der Waals surface area contributed by atoms with Gasteiger partial charge in [0.1, 0.15) is 0 Å². The lowest BCUT2D eigenvalue weighted by molar-refractivity contribution is 0.141. The second kappa shape index (κ2) is 7.32. The minimum Gasteiger partial charge on any atom is -0.393 e. The van der Waals surface area contributed by atoms with Crippen LogP contribution < -0.4 is 0 Å². The number of unbranched alkanes of at least 4 members (excludes halogenated alkanes) is 1. The van der Waals surface area contributed by atoms with Crippen LogP contribution in [0.2, 0.25) is 0 Å². The third-order valence-electron chi connectivity index (χ3n) is 1.86. The Hall–Kier alpha value is -0.340. The van der Waals surface area contributed by atoms with E-state index in [0.29, 0.717) is 0 Å². The number of aliphatic hydroxyl groups excluding tert-OH is 1. The van der Waals surface area contributed by atoms with Crippen LogP contribution in [0.15, 0.2) is 12.7 Å². The molecule has 2 nitrogen and oxygen atoms in total. The van der Waals surface area contributed by atoms with Crippen molar-refractivity contribution in [3.05, 3.63) is 12.7 Å². The maximum absolute atomic E-state index is 9.46. The molecule has 0 aliphatic carbocycles. The second-order valence-corrected chi connectivity index (χ2v) is 3.47. The summed E-state index contributed by atoms with van der Waals surface area (Å²) in [5.41, 5.74) is 0. The van der Waals surface area contributed by atoms with Crippen molar-refractivity contribution in [1.82, 2.24) is 4.90 Å². The minimum atomic E-state index is -0.132. The summed E-state index contributed by atoms with van der Waals surface area (Å²) in [6.07, 6.45) is 5.62. The van der Waals surface area contributed by atoms with Gasteiger partial charge in [0.2, 0.25) is 0 Å². The Balaban J connectivity index is 3.21. The summed E-state index contributed by atoms with van der Waals surface area (Å²) in [4.78, 5) is 2.09. The molecule has 0 aromatic rings. The quantitative estimate of drug-likeness (QED) is 0.465. The maximum atomic E-state index is 9.46. The van der Waals surface area contributed by atoms with Gasteiger partial charge in [-0.15, -0.1) is 6.58 Å². The first-order valence-corrected chi connectivity index (χ1v) is 4.60. The molecule has 0 aliphatic heterocycles. The molecular formula is C10H21NO. The number of hydrogen-bond acceptors (Lipinski definition) is 2. The van der Waals surface area contributed by atoms with Gasteiger partial charge in [0.25, 0.3) is 0 Å². The van der Waals surface area contributed by atoms with E-state index in [1.165, 1.54) is 0 Å². The van der Waals surface area contributed by atoms with E-state index in [0.717, 1.165) is 32.2 Å². The predicted octanol–water partition coefficient (Wildman–Crippen LogP) is 1.66. The van der Waals surface area contributed by atoms with E-state index >= 15 is 0 Å². The minimum absolute atomic E-state index is 0.132. The predicted molar refractivity (Wildman–Crippen MR) is 53.2 cm³/mol. The smallest absolute Gasteiger partial charge is 0.0552 e. The number of aliphatic hydroxyl groups is 1. The fraction of sp³-hybridized carbons (Fsp3) is 0.800. The lowest BCUT2D eigenvalue weighted by Gasteiger charge is -2.13. The molecule has 0 saturated heterocycles. The lowest BCUT2D eigenvalue weighted by Crippen LogP contribution is -2.19. The van der Waals surface area contributed by atoms with Crippen LogP contribution in [-0.4, -0.2) is 36.8 Å². The molecule has 0 saturated carbocycles. The number of hydrogen-bond donors (Lipinski definition) is 1. The molecular weight excluding hydrogens is 150 g/mol. The molecule has 0 spiro atoms. The van der Waals surface area contributed by atoms with E-state index in [1.807, 2.05) is 20.2 Å². The van der Waals surface area contributed by atoms with Crippen LogP contribution in [0, 0.1) is 0 Å². The van der Waals surface area contributed by atoms with E-state index < -0.39 is 0 Å². The van der Waals surface area contributed by atoms with Gasteiger partial charge < -0.3 is 10.0 Å². The van der Waals surface area contributed by atoms with Crippen molar-refractivity contribution in [2.75, 3.05) is 20.6 Å². The summed E-state index contributed by atoms with van der Waals surface area (Å²) in [7, 11) is 4.05. The highest BCUT2D eigenvalue weighted by Crippen LogP contribution is 2.04. The van der Waals surface area contributed by atoms with Gasteiger partial charge in [-0.3, -0.25) is 0 Å². The van der Waals surface area contributed by atoms with Gasteiger partial charge in [0, 0.05) is 0 Å². The summed E-state index contributed by atoms with van der Waals surface area (Å²) in [6.45, 7) is 4.61. The Bertz CT molecular complexity index is 112. The molecule has 1 atom stereocenters. The molecule has 2 heteroatoms. The van der Waals surface area contributed by atoms with Crippen LogP contribution in [-0.2, 0) is 0 Å². The van der Waals surface area contributed by atoms with Gasteiger partial charge in [-0.2, -0.15) is 0 Å². The van der Waals surface area contributed by atoms with Gasteiger partial charge in [-0.05, 0) is 46.3 Å². The van der Waals surface area contributed by atoms with Crippen LogP contribution in [0.3, 0.4) is 0 Å². The highest BCUT2D eigenvalue weighted by atomic mass is 16.3. The maximum Gasteiger partial charge on any atom is 0.0552 e. The second-order valence-electron chi connectivity index (χ2n) is 3.47. The lowest BCUT2D eigenvalue weighted by atomic mass is 10.1. The third kappa shape index (κ3) is 7.76. The van der Waals surface area contributed by atoms with E-state index in [-0.39, 0.29) is 6.10 Å². The van der Waals surface area contributed by atoms with Crippen molar-refractivity contribution in [3.8, 4) is 0 Å². The van der Waals surface area contributed by atoms with Crippen molar-refractivity contribution in [3.63, 3.8) is 0 Å². The van der Waals surface area contributed by atoms with Crippen LogP contribution in [0.1, 0.15) is 25.7 Å². The number of rotatable bonds is 7. The monoisotopic (exact) mass is 171 g/mol. The van der Waals surface area contributed by atoms with E-state index in [2.05, 4.69) is 11.5 Å². The fourth-order valence-electron chi connectivity index (χ4n) is 1.05. The van der Waals surface area contributed by atoms with Gasteiger partial charge in [-0.25, -0.2) is 0 Å². The summed E-state index contributed by atoms with van der Waals surface area (Å²) in [5, 5.41) is 9.46. The Morgan fingerprint density at radius 3 is 2.58 bits per heavy atom. The highest BCUT2D eigenvalue weighted by molar-refractivity contribution is 4.67. The summed E-state index contributed by atoms with van der Waals surface area (Å²) >= 11 is 0. The molecule has 0 aromatic heterocycles. The zero-order valence-electron chi connectivity index (χ0n) is 8.29. The molecule has 72 valence electrons. The molecule has 0 amide bonds. The normalized spacial score (nSPS) is 13.3. The van der Waals surface area contributed by atoms with Crippen LogP contribution in [0.4, 0.5) is 0 Å². The van der Waals surface area contributed by atoms with Gasteiger partial charge >= 0.3 is 0 Å². The molecule has 12 heavy (non-hydrogen) atoms. The number of allylic oxidation sites excluding steroid dienone is 1. The fourth-order valence-corrected chi connectivity index (χ4v) is 1.05. The zero-order valence-corrected chi connectivity index (χ0v) is 8.29. The Labute approximate surface area is 75.9 Å². The van der Waals surface area contributed by atoms with Crippen molar-refractivity contribution in [2.24, 2.45) is 0 Å². The molecule has 0 fully saturated rings. The summed E-state index contributed by atoms with van der Waals surface area (Å²) < 4.78 is 0. The molecule has 1 unspecified atom stereocenters. The van der Waals surface area contributed by atoms with Crippen molar-refractivity contribution >= 4 is 0 Å². The van der Waals surface area contributed by atoms with Crippen molar-refractivity contribution < 1.29 is 5.11 Å². The first-order valence-electron chi connectivity index (χ1n) is 4.60. The molecule has 1 N–H and O–H groups in total. The van der Waals surface area contributed by atoms with Gasteiger partial charge in [-0.1, -0.05) is 6.08 Å². The average molecular weight is 171 g/mol. The number of nitrogens with zero attached hydrogens (tertiary/aromatic N) is 1. The summed E-state index contributed by atoms with van der Waals surface area (Å²) in [6, 6.07) is 0. The highest BCUT2D eigenvalue weighted by Gasteiger charge is 2.02. The van der Waals surface area contributed by atoms with Crippen LogP contribution >= 0.6 is 0 Å². The first-order chi connectivity index (χ1) is 5.66. The largest absolute Gasteiger partial charge is 0.393 e. The first kappa shape index (κ1) is 11.7. The Kier molecular flexibility index (Phi) is 7.11. The standard InChI is InChI=1S/C10H21NO/c1-4-5-6-7-10(12)8-9-11(2)3/h4,10,12H,1,5-9H2,2-3H3.